The molecule has 2 aromatic carbocycles. The number of halogens is 4. The van der Waals surface area contributed by atoms with E-state index in [-0.39, 0.29) is 29.7 Å². The Bertz CT molecular complexity index is 997. The minimum atomic E-state index is -4.50. The number of aliphatic imine (C=N–C) groups is 1. The van der Waals surface area contributed by atoms with E-state index in [1.165, 1.54) is 17.0 Å². The molecule has 3 rings (SSSR count). The van der Waals surface area contributed by atoms with E-state index in [4.69, 9.17) is 11.6 Å². The van der Waals surface area contributed by atoms with Crippen LogP contribution in [0, 0.1) is 0 Å². The van der Waals surface area contributed by atoms with Gasteiger partial charge in [-0.3, -0.25) is 14.5 Å². The molecule has 0 aliphatic carbocycles. The standard InChI is InChI=1S/C20H17ClF3N3O2S/c1-2-27-17(28)11-16(18(29)25-15-8-4-6-13(21)10-15)30-19(27)26-14-7-3-5-12(9-14)20(22,23)24/h3-10,16H,2,11H2,1H3,(H,25,29)/t16-/m1/s1. The van der Waals surface area contributed by atoms with Gasteiger partial charge in [-0.25, -0.2) is 4.99 Å². The van der Waals surface area contributed by atoms with Crippen LogP contribution in [0.1, 0.15) is 18.9 Å². The molecule has 0 aromatic heterocycles. The maximum Gasteiger partial charge on any atom is 0.416 e. The van der Waals surface area contributed by atoms with Crippen molar-refractivity contribution in [2.75, 3.05) is 11.9 Å². The summed E-state index contributed by atoms with van der Waals surface area (Å²) in [6.45, 7) is 2.01. The Balaban J connectivity index is 1.85. The lowest BCUT2D eigenvalue weighted by Gasteiger charge is -2.31. The molecule has 0 saturated carbocycles. The van der Waals surface area contributed by atoms with Gasteiger partial charge in [-0.2, -0.15) is 13.2 Å². The Morgan fingerprint density at radius 1 is 1.27 bits per heavy atom. The smallest absolute Gasteiger partial charge is 0.325 e. The van der Waals surface area contributed by atoms with Gasteiger partial charge in [-0.05, 0) is 43.3 Å². The van der Waals surface area contributed by atoms with Crippen LogP contribution < -0.4 is 5.32 Å². The molecule has 0 radical (unpaired) electrons. The molecule has 2 aromatic rings. The summed E-state index contributed by atoms with van der Waals surface area (Å²) in [6, 6.07) is 11.1. The zero-order valence-electron chi connectivity index (χ0n) is 15.7. The van der Waals surface area contributed by atoms with Gasteiger partial charge in [0.2, 0.25) is 11.8 Å². The van der Waals surface area contributed by atoms with Gasteiger partial charge < -0.3 is 5.32 Å². The van der Waals surface area contributed by atoms with E-state index in [2.05, 4.69) is 10.3 Å². The van der Waals surface area contributed by atoms with E-state index in [0.717, 1.165) is 23.9 Å². The largest absolute Gasteiger partial charge is 0.416 e. The summed E-state index contributed by atoms with van der Waals surface area (Å²) in [5.41, 5.74) is -0.306. The average Bonchev–Trinajstić information content (AvgIpc) is 2.67. The van der Waals surface area contributed by atoms with Gasteiger partial charge >= 0.3 is 6.18 Å². The lowest BCUT2D eigenvalue weighted by atomic mass is 10.2. The van der Waals surface area contributed by atoms with Crippen molar-refractivity contribution in [1.82, 2.24) is 4.90 Å². The molecule has 2 amide bonds. The second kappa shape index (κ2) is 9.09. The van der Waals surface area contributed by atoms with E-state index in [1.54, 1.807) is 31.2 Å². The van der Waals surface area contributed by atoms with Gasteiger partial charge in [0.25, 0.3) is 0 Å². The number of amides is 2. The third kappa shape index (κ3) is 5.34. The Morgan fingerprint density at radius 3 is 2.67 bits per heavy atom. The van der Waals surface area contributed by atoms with Gasteiger partial charge in [0, 0.05) is 23.7 Å². The molecule has 30 heavy (non-hydrogen) atoms. The highest BCUT2D eigenvalue weighted by Gasteiger charge is 2.35. The number of nitrogens with one attached hydrogen (secondary N) is 1. The molecule has 0 spiro atoms. The maximum atomic E-state index is 13.0. The highest BCUT2D eigenvalue weighted by Crippen LogP contribution is 2.33. The number of anilines is 1. The van der Waals surface area contributed by atoms with Crippen LogP contribution in [0.3, 0.4) is 0 Å². The molecule has 158 valence electrons. The highest BCUT2D eigenvalue weighted by atomic mass is 35.5. The maximum absolute atomic E-state index is 13.0. The molecule has 10 heteroatoms. The van der Waals surface area contributed by atoms with Crippen molar-refractivity contribution in [3.8, 4) is 0 Å². The summed E-state index contributed by atoms with van der Waals surface area (Å²) in [4.78, 5) is 30.8. The summed E-state index contributed by atoms with van der Waals surface area (Å²) in [7, 11) is 0. The molecule has 1 atom stereocenters. The number of carbonyl (C=O) groups is 2. The predicted octanol–water partition coefficient (Wildman–Crippen LogP) is 5.34. The van der Waals surface area contributed by atoms with Crippen LogP contribution in [-0.2, 0) is 15.8 Å². The fourth-order valence-electron chi connectivity index (χ4n) is 2.80. The summed E-state index contributed by atoms with van der Waals surface area (Å²) >= 11 is 6.95. The number of carbonyl (C=O) groups excluding carboxylic acids is 2. The summed E-state index contributed by atoms with van der Waals surface area (Å²) in [6.07, 6.45) is -4.55. The molecular formula is C20H17ClF3N3O2S. The van der Waals surface area contributed by atoms with Crippen LogP contribution >= 0.6 is 23.4 Å². The number of hydrogen-bond donors (Lipinski definition) is 1. The Labute approximate surface area is 180 Å². The van der Waals surface area contributed by atoms with E-state index in [0.29, 0.717) is 10.7 Å². The molecule has 0 bridgehead atoms. The minimum Gasteiger partial charge on any atom is -0.325 e. The Morgan fingerprint density at radius 2 is 2.00 bits per heavy atom. The van der Waals surface area contributed by atoms with E-state index >= 15 is 0 Å². The van der Waals surface area contributed by atoms with Crippen molar-refractivity contribution < 1.29 is 22.8 Å². The summed E-state index contributed by atoms with van der Waals surface area (Å²) in [5.74, 6) is -0.740. The number of thioether (sulfide) groups is 1. The van der Waals surface area contributed by atoms with Crippen LogP contribution in [0.2, 0.25) is 5.02 Å². The quantitative estimate of drug-likeness (QED) is 0.677. The van der Waals surface area contributed by atoms with Gasteiger partial charge in [0.05, 0.1) is 11.3 Å². The summed E-state index contributed by atoms with van der Waals surface area (Å²) in [5, 5.41) is 2.55. The molecule has 1 saturated heterocycles. The van der Waals surface area contributed by atoms with Crippen molar-refractivity contribution >= 4 is 51.7 Å². The summed E-state index contributed by atoms with van der Waals surface area (Å²) < 4.78 is 38.9. The normalized spacial score (nSPS) is 18.6. The zero-order valence-corrected chi connectivity index (χ0v) is 17.3. The average molecular weight is 456 g/mol. The Kier molecular flexibility index (Phi) is 6.72. The first-order chi connectivity index (χ1) is 14.2. The lowest BCUT2D eigenvalue weighted by Crippen LogP contribution is -2.45. The van der Waals surface area contributed by atoms with Crippen LogP contribution in [-0.4, -0.2) is 33.7 Å². The lowest BCUT2D eigenvalue weighted by molar-refractivity contribution is -0.137. The molecule has 1 aliphatic heterocycles. The van der Waals surface area contributed by atoms with Crippen molar-refractivity contribution in [3.05, 3.63) is 59.1 Å². The highest BCUT2D eigenvalue weighted by molar-refractivity contribution is 8.15. The number of benzene rings is 2. The molecule has 1 heterocycles. The second-order valence-electron chi connectivity index (χ2n) is 6.39. The molecule has 1 aliphatic rings. The first-order valence-corrected chi connectivity index (χ1v) is 10.2. The first-order valence-electron chi connectivity index (χ1n) is 8.96. The van der Waals surface area contributed by atoms with Crippen molar-refractivity contribution in [2.24, 2.45) is 4.99 Å². The Hall–Kier alpha value is -2.52. The number of alkyl halides is 3. The molecule has 0 unspecified atom stereocenters. The predicted molar refractivity (Wildman–Crippen MR) is 112 cm³/mol. The fourth-order valence-corrected chi connectivity index (χ4v) is 4.16. The monoisotopic (exact) mass is 455 g/mol. The van der Waals surface area contributed by atoms with Crippen LogP contribution in [0.5, 0.6) is 0 Å². The van der Waals surface area contributed by atoms with Crippen LogP contribution in [0.15, 0.2) is 53.5 Å². The number of rotatable bonds is 4. The second-order valence-corrected chi connectivity index (χ2v) is 8.00. The van der Waals surface area contributed by atoms with Gasteiger partial charge in [-0.1, -0.05) is 35.5 Å². The third-order valence-electron chi connectivity index (χ3n) is 4.24. The van der Waals surface area contributed by atoms with Crippen molar-refractivity contribution in [1.29, 1.82) is 0 Å². The first kappa shape index (κ1) is 22.2. The van der Waals surface area contributed by atoms with E-state index in [9.17, 15) is 22.8 Å². The van der Waals surface area contributed by atoms with Gasteiger partial charge in [0.1, 0.15) is 5.25 Å². The van der Waals surface area contributed by atoms with Crippen molar-refractivity contribution in [3.63, 3.8) is 0 Å². The SMILES string of the molecule is CCN1C(=O)C[C@H](C(=O)Nc2cccc(Cl)c2)SC1=Nc1cccc(C(F)(F)F)c1. The van der Waals surface area contributed by atoms with Crippen LogP contribution in [0.4, 0.5) is 24.5 Å². The number of nitrogens with zero attached hydrogens (tertiary/aromatic N) is 2. The van der Waals surface area contributed by atoms with Gasteiger partial charge in [0.15, 0.2) is 5.17 Å². The molecule has 1 N–H and O–H groups in total. The molecular weight excluding hydrogens is 439 g/mol. The third-order valence-corrected chi connectivity index (χ3v) is 5.66. The molecule has 5 nitrogen and oxygen atoms in total. The fraction of sp³-hybridized carbons (Fsp3) is 0.250. The van der Waals surface area contributed by atoms with Gasteiger partial charge in [-0.15, -0.1) is 0 Å². The topological polar surface area (TPSA) is 61.8 Å². The minimum absolute atomic E-state index is 0.0491. The number of hydrogen-bond acceptors (Lipinski definition) is 4. The molecule has 1 fully saturated rings. The number of amidine groups is 1. The zero-order chi connectivity index (χ0) is 21.9. The van der Waals surface area contributed by atoms with E-state index in [1.807, 2.05) is 0 Å². The van der Waals surface area contributed by atoms with Crippen molar-refractivity contribution in [2.45, 2.75) is 24.8 Å². The van der Waals surface area contributed by atoms with Crippen LogP contribution in [0.25, 0.3) is 0 Å². The van der Waals surface area contributed by atoms with E-state index < -0.39 is 22.9 Å².